The number of nitrogens with zero attached hydrogens (tertiary/aromatic N) is 8. The summed E-state index contributed by atoms with van der Waals surface area (Å²) in [6.07, 6.45) is 5.32. The highest BCUT2D eigenvalue weighted by atomic mass is 16.5. The third-order valence-corrected chi connectivity index (χ3v) is 8.29. The van der Waals surface area contributed by atoms with Gasteiger partial charge in [-0.15, -0.1) is 0 Å². The van der Waals surface area contributed by atoms with Crippen molar-refractivity contribution in [3.63, 3.8) is 0 Å². The van der Waals surface area contributed by atoms with Crippen LogP contribution in [0.4, 0.5) is 5.82 Å². The molecule has 3 aromatic rings. The van der Waals surface area contributed by atoms with E-state index in [9.17, 15) is 10.1 Å². The molecular weight excluding hydrogens is 508 g/mol. The fourth-order valence-electron chi connectivity index (χ4n) is 6.13. The van der Waals surface area contributed by atoms with Gasteiger partial charge in [-0.1, -0.05) is 18.7 Å². The smallest absolute Gasteiger partial charge is 0.318 e. The maximum atomic E-state index is 12.5. The van der Waals surface area contributed by atoms with E-state index < -0.39 is 0 Å². The van der Waals surface area contributed by atoms with Crippen LogP contribution in [0.15, 0.2) is 41.7 Å². The van der Waals surface area contributed by atoms with Crippen molar-refractivity contribution >= 4 is 22.8 Å². The van der Waals surface area contributed by atoms with E-state index in [0.29, 0.717) is 57.9 Å². The van der Waals surface area contributed by atoms with E-state index >= 15 is 0 Å². The number of rotatable bonds is 8. The number of amides is 1. The Morgan fingerprint density at radius 1 is 1.25 bits per heavy atom. The van der Waals surface area contributed by atoms with Gasteiger partial charge >= 0.3 is 6.01 Å². The zero-order valence-electron chi connectivity index (χ0n) is 22.8. The van der Waals surface area contributed by atoms with Crippen molar-refractivity contribution in [1.82, 2.24) is 29.7 Å². The molecule has 0 unspecified atom stereocenters. The largest absolute Gasteiger partial charge is 0.462 e. The average Bonchev–Trinajstić information content (AvgIpc) is 3.71. The summed E-state index contributed by atoms with van der Waals surface area (Å²) in [5, 5.41) is 9.48. The van der Waals surface area contributed by atoms with Crippen LogP contribution in [-0.4, -0.2) is 87.5 Å². The van der Waals surface area contributed by atoms with Gasteiger partial charge in [0.2, 0.25) is 5.91 Å². The third kappa shape index (κ3) is 5.12. The number of piperazine rings is 1. The number of oxazole rings is 1. The zero-order valence-corrected chi connectivity index (χ0v) is 22.8. The molecule has 208 valence electrons. The number of benzene rings is 1. The Labute approximate surface area is 233 Å². The maximum Gasteiger partial charge on any atom is 0.318 e. The Morgan fingerprint density at radius 2 is 2.15 bits per heavy atom. The molecule has 1 aromatic carbocycles. The highest BCUT2D eigenvalue weighted by molar-refractivity contribution is 5.87. The number of anilines is 1. The molecule has 2 aromatic heterocycles. The Balaban J connectivity index is 1.27. The van der Waals surface area contributed by atoms with Crippen LogP contribution in [0.1, 0.15) is 36.1 Å². The molecule has 3 aliphatic heterocycles. The fourth-order valence-corrected chi connectivity index (χ4v) is 6.13. The Kier molecular flexibility index (Phi) is 7.36. The molecule has 11 heteroatoms. The Morgan fingerprint density at radius 3 is 2.95 bits per heavy atom. The summed E-state index contributed by atoms with van der Waals surface area (Å²) in [4.78, 5) is 35.3. The highest BCUT2D eigenvalue weighted by Crippen LogP contribution is 2.34. The van der Waals surface area contributed by atoms with Gasteiger partial charge in [0.05, 0.1) is 24.2 Å². The molecule has 2 atom stereocenters. The number of likely N-dealkylation sites (N-methyl/N-ethyl adjacent to an activating group) is 1. The zero-order chi connectivity index (χ0) is 27.6. The molecule has 0 saturated carbocycles. The highest BCUT2D eigenvalue weighted by Gasteiger charge is 2.34. The predicted molar refractivity (Wildman–Crippen MR) is 148 cm³/mol. The molecule has 2 saturated heterocycles. The summed E-state index contributed by atoms with van der Waals surface area (Å²) in [5.41, 5.74) is 4.76. The van der Waals surface area contributed by atoms with Crippen LogP contribution in [0.2, 0.25) is 0 Å². The number of carbonyl (C=O) groups excluding carboxylic acids is 1. The van der Waals surface area contributed by atoms with E-state index in [4.69, 9.17) is 19.1 Å². The first-order chi connectivity index (χ1) is 19.5. The molecule has 0 radical (unpaired) electrons. The van der Waals surface area contributed by atoms with Gasteiger partial charge in [-0.05, 0) is 44.1 Å². The van der Waals surface area contributed by atoms with Crippen molar-refractivity contribution in [2.45, 2.75) is 51.0 Å². The standard InChI is InChI=1S/C29H34N8O3/c1-3-26(38)37-13-12-36(15-21(37)9-10-30)28-23-16-35(14-20-6-4-8-25-27(20)31-19-40-25)17-24(23)32-29(33-28)39-18-22-7-5-11-34(22)2/h3-4,6,8,19,21-22H,1,5,7,9,11-18H2,2H3/t21-,22-/m0/s1. The molecule has 0 bridgehead atoms. The van der Waals surface area contributed by atoms with Gasteiger partial charge in [0.1, 0.15) is 17.9 Å². The molecule has 0 aliphatic carbocycles. The number of likely N-dealkylation sites (tertiary alicyclic amines) is 1. The molecule has 6 rings (SSSR count). The van der Waals surface area contributed by atoms with Crippen LogP contribution in [0, 0.1) is 11.3 Å². The number of nitriles is 1. The minimum atomic E-state index is -0.242. The molecule has 3 aliphatic rings. The van der Waals surface area contributed by atoms with Gasteiger partial charge in [0.15, 0.2) is 12.0 Å². The first-order valence-corrected chi connectivity index (χ1v) is 13.8. The monoisotopic (exact) mass is 542 g/mol. The number of para-hydroxylation sites is 1. The molecule has 0 spiro atoms. The topological polar surface area (TPSA) is 115 Å². The molecule has 1 amide bonds. The summed E-state index contributed by atoms with van der Waals surface area (Å²) < 4.78 is 11.7. The summed E-state index contributed by atoms with van der Waals surface area (Å²) in [7, 11) is 2.13. The van der Waals surface area contributed by atoms with E-state index in [1.54, 1.807) is 4.90 Å². The Hall–Kier alpha value is -4.01. The van der Waals surface area contributed by atoms with E-state index in [2.05, 4.69) is 45.4 Å². The molecule has 5 heterocycles. The molecular formula is C29H34N8O3. The van der Waals surface area contributed by atoms with Crippen LogP contribution in [0.5, 0.6) is 6.01 Å². The summed E-state index contributed by atoms with van der Waals surface area (Å²) in [6, 6.07) is 8.74. The lowest BCUT2D eigenvalue weighted by Gasteiger charge is -2.41. The van der Waals surface area contributed by atoms with Gasteiger partial charge < -0.3 is 23.9 Å². The number of carbonyl (C=O) groups is 1. The van der Waals surface area contributed by atoms with E-state index in [-0.39, 0.29) is 18.4 Å². The van der Waals surface area contributed by atoms with Crippen LogP contribution < -0.4 is 9.64 Å². The average molecular weight is 543 g/mol. The fraction of sp³-hybridized carbons (Fsp3) is 0.483. The van der Waals surface area contributed by atoms with Crippen molar-refractivity contribution in [2.24, 2.45) is 0 Å². The second-order valence-corrected chi connectivity index (χ2v) is 10.8. The van der Waals surface area contributed by atoms with Crippen LogP contribution in [-0.2, 0) is 24.4 Å². The first-order valence-electron chi connectivity index (χ1n) is 13.8. The van der Waals surface area contributed by atoms with Gasteiger partial charge in [0.25, 0.3) is 0 Å². The van der Waals surface area contributed by atoms with Gasteiger partial charge in [-0.25, -0.2) is 4.98 Å². The molecule has 11 nitrogen and oxygen atoms in total. The lowest BCUT2D eigenvalue weighted by atomic mass is 10.1. The van der Waals surface area contributed by atoms with E-state index in [0.717, 1.165) is 46.7 Å². The summed E-state index contributed by atoms with van der Waals surface area (Å²) in [5.74, 6) is 0.682. The van der Waals surface area contributed by atoms with Gasteiger partial charge in [0, 0.05) is 50.9 Å². The minimum absolute atomic E-state index is 0.147. The Bertz CT molecular complexity index is 1450. The maximum absolute atomic E-state index is 12.5. The van der Waals surface area contributed by atoms with Crippen molar-refractivity contribution < 1.29 is 13.9 Å². The van der Waals surface area contributed by atoms with Crippen molar-refractivity contribution in [2.75, 3.05) is 44.7 Å². The predicted octanol–water partition coefficient (Wildman–Crippen LogP) is 2.72. The normalized spacial score (nSPS) is 21.5. The SMILES string of the molecule is C=CC(=O)N1CCN(c2nc(OC[C@@H]3CCCN3C)nc3c2CN(Cc2cccc4ocnc24)C3)C[C@@H]1CC#N. The van der Waals surface area contributed by atoms with Gasteiger partial charge in [-0.3, -0.25) is 9.69 Å². The van der Waals surface area contributed by atoms with Crippen molar-refractivity contribution in [1.29, 1.82) is 5.26 Å². The van der Waals surface area contributed by atoms with Crippen LogP contribution >= 0.6 is 0 Å². The van der Waals surface area contributed by atoms with Crippen molar-refractivity contribution in [3.8, 4) is 12.1 Å². The molecule has 0 N–H and O–H groups in total. The number of fused-ring (bicyclic) bond motifs is 2. The second-order valence-electron chi connectivity index (χ2n) is 10.8. The quantitative estimate of drug-likeness (QED) is 0.394. The number of ether oxygens (including phenoxy) is 1. The molecule has 40 heavy (non-hydrogen) atoms. The van der Waals surface area contributed by atoms with Crippen molar-refractivity contribution in [3.05, 3.63) is 54.1 Å². The first kappa shape index (κ1) is 26.2. The number of hydrogen-bond acceptors (Lipinski definition) is 10. The van der Waals surface area contributed by atoms with E-state index in [1.165, 1.54) is 18.9 Å². The number of hydrogen-bond donors (Lipinski definition) is 0. The number of aromatic nitrogens is 3. The van der Waals surface area contributed by atoms with Crippen LogP contribution in [0.25, 0.3) is 11.1 Å². The minimum Gasteiger partial charge on any atom is -0.462 e. The van der Waals surface area contributed by atoms with E-state index in [1.807, 2.05) is 12.1 Å². The lowest BCUT2D eigenvalue weighted by molar-refractivity contribution is -0.128. The summed E-state index contributed by atoms with van der Waals surface area (Å²) in [6.45, 7) is 8.91. The van der Waals surface area contributed by atoms with Crippen LogP contribution in [0.3, 0.4) is 0 Å². The summed E-state index contributed by atoms with van der Waals surface area (Å²) >= 11 is 0. The lowest BCUT2D eigenvalue weighted by Crippen LogP contribution is -2.55. The second kappa shape index (κ2) is 11.2. The third-order valence-electron chi connectivity index (χ3n) is 8.29. The molecule has 2 fully saturated rings. The van der Waals surface area contributed by atoms with Gasteiger partial charge in [-0.2, -0.15) is 15.2 Å².